The van der Waals surface area contributed by atoms with Crippen LogP contribution in [-0.2, 0) is 9.59 Å². The number of carbonyl (C=O) groups is 2. The lowest BCUT2D eigenvalue weighted by molar-refractivity contribution is -0.123. The van der Waals surface area contributed by atoms with Crippen LogP contribution in [0.1, 0.15) is 12.5 Å². The minimum absolute atomic E-state index is 0.0122. The van der Waals surface area contributed by atoms with Crippen LogP contribution in [0.3, 0.4) is 0 Å². The summed E-state index contributed by atoms with van der Waals surface area (Å²) < 4.78 is 2.35. The summed E-state index contributed by atoms with van der Waals surface area (Å²) in [6.07, 6.45) is 1.35. The van der Waals surface area contributed by atoms with Crippen LogP contribution < -0.4 is 10.6 Å². The molecular formula is C12H10BrN5O2. The maximum atomic E-state index is 12.0. The third-order valence-corrected chi connectivity index (χ3v) is 3.44. The fraction of sp³-hybridized carbons (Fsp3) is 0.167. The van der Waals surface area contributed by atoms with Crippen molar-refractivity contribution in [3.8, 4) is 0 Å². The molecule has 2 N–H and O–H groups in total. The lowest BCUT2D eigenvalue weighted by Gasteiger charge is -2.09. The van der Waals surface area contributed by atoms with Gasteiger partial charge in [-0.15, -0.1) is 0 Å². The second-order valence-corrected chi connectivity index (χ2v) is 5.21. The van der Waals surface area contributed by atoms with Crippen molar-refractivity contribution in [2.45, 2.75) is 12.5 Å². The highest BCUT2D eigenvalue weighted by Crippen LogP contribution is 2.24. The van der Waals surface area contributed by atoms with Gasteiger partial charge < -0.3 is 5.32 Å². The van der Waals surface area contributed by atoms with E-state index in [1.807, 2.05) is 12.1 Å². The van der Waals surface area contributed by atoms with Gasteiger partial charge in [0, 0.05) is 10.2 Å². The molecule has 0 saturated carbocycles. The Balaban J connectivity index is 1.68. The highest BCUT2D eigenvalue weighted by molar-refractivity contribution is 9.10. The molecule has 0 bridgehead atoms. The predicted octanol–water partition coefficient (Wildman–Crippen LogP) is 1.56. The van der Waals surface area contributed by atoms with Gasteiger partial charge in [-0.25, -0.2) is 4.68 Å². The Kier molecular flexibility index (Phi) is 3.23. The van der Waals surface area contributed by atoms with Gasteiger partial charge >= 0.3 is 0 Å². The maximum absolute atomic E-state index is 12.0. The molecule has 7 nitrogen and oxygen atoms in total. The quantitative estimate of drug-likeness (QED) is 0.890. The van der Waals surface area contributed by atoms with Gasteiger partial charge in [-0.1, -0.05) is 15.9 Å². The molecule has 20 heavy (non-hydrogen) atoms. The zero-order valence-corrected chi connectivity index (χ0v) is 11.8. The second kappa shape index (κ2) is 5.04. The van der Waals surface area contributed by atoms with Crippen molar-refractivity contribution >= 4 is 39.4 Å². The summed E-state index contributed by atoms with van der Waals surface area (Å²) in [5, 5.41) is 9.24. The maximum Gasteiger partial charge on any atom is 0.252 e. The molecule has 0 spiro atoms. The van der Waals surface area contributed by atoms with Crippen molar-refractivity contribution in [3.05, 3.63) is 35.1 Å². The molecule has 1 aromatic heterocycles. The van der Waals surface area contributed by atoms with Crippen LogP contribution in [0.15, 0.2) is 35.1 Å². The summed E-state index contributed by atoms with van der Waals surface area (Å²) >= 11 is 3.32. The highest BCUT2D eigenvalue weighted by atomic mass is 79.9. The smallest absolute Gasteiger partial charge is 0.252 e. The zero-order chi connectivity index (χ0) is 14.1. The number of rotatable bonds is 3. The van der Waals surface area contributed by atoms with Crippen molar-refractivity contribution in [2.75, 3.05) is 10.6 Å². The number of nitrogens with one attached hydrogen (secondary N) is 2. The molecule has 2 aromatic rings. The van der Waals surface area contributed by atoms with Crippen molar-refractivity contribution in [3.63, 3.8) is 0 Å². The molecule has 0 fully saturated rings. The topological polar surface area (TPSA) is 88.9 Å². The molecule has 1 aliphatic heterocycles. The first-order chi connectivity index (χ1) is 9.63. The lowest BCUT2D eigenvalue weighted by Crippen LogP contribution is -2.23. The number of carbonyl (C=O) groups excluding carboxylic acids is 2. The Hall–Kier alpha value is -2.22. The standard InChI is InChI=1S/C12H10BrN5O2/c13-7-1-3-8(4-2-7)16-10(19)5-9-11(20)17-12-14-6-15-18(9)12/h1-4,6,9H,5H2,(H,16,19)(H,14,15,17,20). The Labute approximate surface area is 122 Å². The van der Waals surface area contributed by atoms with Gasteiger partial charge in [-0.2, -0.15) is 10.1 Å². The number of hydrogen-bond donors (Lipinski definition) is 2. The van der Waals surface area contributed by atoms with E-state index in [1.54, 1.807) is 12.1 Å². The minimum Gasteiger partial charge on any atom is -0.326 e. The molecule has 1 atom stereocenters. The fourth-order valence-corrected chi connectivity index (χ4v) is 2.24. The van der Waals surface area contributed by atoms with E-state index < -0.39 is 6.04 Å². The van der Waals surface area contributed by atoms with Gasteiger partial charge in [0.15, 0.2) is 0 Å². The van der Waals surface area contributed by atoms with E-state index in [2.05, 4.69) is 36.6 Å². The van der Waals surface area contributed by atoms with E-state index in [0.717, 1.165) is 4.47 Å². The van der Waals surface area contributed by atoms with Gasteiger partial charge in [0.1, 0.15) is 12.4 Å². The molecule has 0 aliphatic carbocycles. The van der Waals surface area contributed by atoms with Crippen LogP contribution in [0.2, 0.25) is 0 Å². The number of fused-ring (bicyclic) bond motifs is 1. The van der Waals surface area contributed by atoms with E-state index in [1.165, 1.54) is 11.0 Å². The summed E-state index contributed by atoms with van der Waals surface area (Å²) in [5.74, 6) is -0.154. The van der Waals surface area contributed by atoms with Gasteiger partial charge in [0.05, 0.1) is 6.42 Å². The van der Waals surface area contributed by atoms with E-state index in [-0.39, 0.29) is 18.2 Å². The first-order valence-corrected chi connectivity index (χ1v) is 6.68. The van der Waals surface area contributed by atoms with E-state index in [9.17, 15) is 9.59 Å². The van der Waals surface area contributed by atoms with E-state index >= 15 is 0 Å². The molecule has 8 heteroatoms. The summed E-state index contributed by atoms with van der Waals surface area (Å²) in [7, 11) is 0. The largest absolute Gasteiger partial charge is 0.326 e. The van der Waals surface area contributed by atoms with Gasteiger partial charge in [-0.3, -0.25) is 14.9 Å². The molecule has 2 heterocycles. The van der Waals surface area contributed by atoms with Crippen LogP contribution in [0.25, 0.3) is 0 Å². The Morgan fingerprint density at radius 1 is 1.40 bits per heavy atom. The number of amides is 2. The van der Waals surface area contributed by atoms with Crippen LogP contribution in [0.5, 0.6) is 0 Å². The predicted molar refractivity (Wildman–Crippen MR) is 75.1 cm³/mol. The first kappa shape index (κ1) is 12.8. The zero-order valence-electron chi connectivity index (χ0n) is 10.2. The van der Waals surface area contributed by atoms with E-state index in [0.29, 0.717) is 11.6 Å². The number of anilines is 2. The monoisotopic (exact) mass is 335 g/mol. The molecule has 0 saturated heterocycles. The third kappa shape index (κ3) is 2.42. The second-order valence-electron chi connectivity index (χ2n) is 4.29. The fourth-order valence-electron chi connectivity index (χ4n) is 1.97. The lowest BCUT2D eigenvalue weighted by atomic mass is 10.2. The molecule has 1 unspecified atom stereocenters. The SMILES string of the molecule is O=C(CC1C(=O)Nc2ncnn21)Nc1ccc(Br)cc1. The molecule has 0 radical (unpaired) electrons. The normalized spacial score (nSPS) is 16.6. The first-order valence-electron chi connectivity index (χ1n) is 5.89. The molecular weight excluding hydrogens is 326 g/mol. The molecule has 1 aliphatic rings. The molecule has 1 aromatic carbocycles. The van der Waals surface area contributed by atoms with Crippen LogP contribution in [0, 0.1) is 0 Å². The third-order valence-electron chi connectivity index (χ3n) is 2.91. The number of aromatic nitrogens is 3. The van der Waals surface area contributed by atoms with Crippen LogP contribution in [-0.4, -0.2) is 26.6 Å². The Morgan fingerprint density at radius 3 is 2.90 bits per heavy atom. The molecule has 2 amide bonds. The number of benzene rings is 1. The summed E-state index contributed by atoms with van der Waals surface area (Å²) in [4.78, 5) is 27.6. The number of hydrogen-bond acceptors (Lipinski definition) is 4. The molecule has 102 valence electrons. The van der Waals surface area contributed by atoms with Crippen molar-refractivity contribution in [2.24, 2.45) is 0 Å². The van der Waals surface area contributed by atoms with Crippen LogP contribution >= 0.6 is 15.9 Å². The Bertz CT molecular complexity index is 667. The van der Waals surface area contributed by atoms with Gasteiger partial charge in [-0.05, 0) is 24.3 Å². The summed E-state index contributed by atoms with van der Waals surface area (Å²) in [5.41, 5.74) is 0.676. The Morgan fingerprint density at radius 2 is 2.15 bits per heavy atom. The van der Waals surface area contributed by atoms with Crippen molar-refractivity contribution in [1.82, 2.24) is 14.8 Å². The van der Waals surface area contributed by atoms with Crippen molar-refractivity contribution in [1.29, 1.82) is 0 Å². The number of halogens is 1. The van der Waals surface area contributed by atoms with Gasteiger partial charge in [0.2, 0.25) is 11.9 Å². The average molecular weight is 336 g/mol. The summed E-state index contributed by atoms with van der Waals surface area (Å²) in [6.45, 7) is 0. The van der Waals surface area contributed by atoms with Crippen LogP contribution in [0.4, 0.5) is 11.6 Å². The average Bonchev–Trinajstić information content (AvgIpc) is 2.96. The molecule has 3 rings (SSSR count). The van der Waals surface area contributed by atoms with E-state index in [4.69, 9.17) is 0 Å². The number of nitrogens with zero attached hydrogens (tertiary/aromatic N) is 3. The minimum atomic E-state index is -0.650. The van der Waals surface area contributed by atoms with Crippen molar-refractivity contribution < 1.29 is 9.59 Å². The van der Waals surface area contributed by atoms with Gasteiger partial charge in [0.25, 0.3) is 5.91 Å². The highest BCUT2D eigenvalue weighted by Gasteiger charge is 2.33. The summed E-state index contributed by atoms with van der Waals surface area (Å²) in [6, 6.07) is 6.55.